The highest BCUT2D eigenvalue weighted by Crippen LogP contribution is 2.52. The van der Waals surface area contributed by atoms with Gasteiger partial charge < -0.3 is 14.6 Å². The number of hydrogen-bond acceptors (Lipinski definition) is 3. The molecule has 1 aliphatic rings. The molecule has 1 unspecified atom stereocenters. The Balaban J connectivity index is 0.000000552. The van der Waals surface area contributed by atoms with Crippen LogP contribution in [0.1, 0.15) is 38.0 Å². The minimum absolute atomic E-state index is 0.184. The lowest BCUT2D eigenvalue weighted by Crippen LogP contribution is -2.34. The first-order chi connectivity index (χ1) is 14.1. The smallest absolute Gasteiger partial charge is 0.240 e. The van der Waals surface area contributed by atoms with E-state index in [2.05, 4.69) is 60.1 Å². The van der Waals surface area contributed by atoms with Gasteiger partial charge in [0.15, 0.2) is 0 Å². The van der Waals surface area contributed by atoms with Crippen molar-refractivity contribution >= 4 is 28.6 Å². The van der Waals surface area contributed by atoms with Gasteiger partial charge in [-0.2, -0.15) is 0 Å². The van der Waals surface area contributed by atoms with Crippen LogP contribution in [0.5, 0.6) is 0 Å². The van der Waals surface area contributed by atoms with E-state index in [1.165, 1.54) is 32.6 Å². The van der Waals surface area contributed by atoms with Crippen molar-refractivity contribution in [2.24, 2.45) is 7.05 Å². The summed E-state index contributed by atoms with van der Waals surface area (Å²) >= 11 is 1.69. The van der Waals surface area contributed by atoms with Gasteiger partial charge in [0.25, 0.3) is 0 Å². The number of carbonyl (C=O) groups is 1. The fraction of sp³-hybridized carbons (Fsp3) is 0.375. The molecule has 0 aliphatic carbocycles. The highest BCUT2D eigenvalue weighted by molar-refractivity contribution is 8.00. The third-order valence-electron chi connectivity index (χ3n) is 5.32. The van der Waals surface area contributed by atoms with Crippen LogP contribution in [0.15, 0.2) is 53.4 Å². The Hall–Kier alpha value is -2.24. The molecular weight excluding hydrogens is 380 g/mol. The van der Waals surface area contributed by atoms with E-state index >= 15 is 0 Å². The first-order valence-corrected chi connectivity index (χ1v) is 11.2. The molecule has 0 spiro atoms. The van der Waals surface area contributed by atoms with Gasteiger partial charge in [-0.15, -0.1) is 11.8 Å². The van der Waals surface area contributed by atoms with E-state index in [-0.39, 0.29) is 11.2 Å². The highest BCUT2D eigenvalue weighted by atomic mass is 32.2. The third kappa shape index (κ3) is 3.94. The number of aliphatic hydroxyl groups is 1. The molecule has 3 aromatic rings. The second-order valence-corrected chi connectivity index (χ2v) is 8.21. The van der Waals surface area contributed by atoms with Crippen molar-refractivity contribution in [2.75, 3.05) is 19.7 Å². The summed E-state index contributed by atoms with van der Waals surface area (Å²) in [5.41, 5.74) is 4.76. The Morgan fingerprint density at radius 2 is 1.69 bits per heavy atom. The zero-order valence-corrected chi connectivity index (χ0v) is 18.5. The summed E-state index contributed by atoms with van der Waals surface area (Å²) < 4.78 is 2.24. The Morgan fingerprint density at radius 3 is 2.34 bits per heavy atom. The van der Waals surface area contributed by atoms with Crippen LogP contribution < -0.4 is 0 Å². The van der Waals surface area contributed by atoms with Gasteiger partial charge in [-0.25, -0.2) is 0 Å². The number of likely N-dealkylation sites (N-methyl/N-ethyl adjacent to an activating group) is 1. The van der Waals surface area contributed by atoms with Crippen LogP contribution in [-0.2, 0) is 11.8 Å². The topological polar surface area (TPSA) is 45.5 Å². The molecule has 1 N–H and O–H groups in total. The first-order valence-electron chi connectivity index (χ1n) is 10.3. The Bertz CT molecular complexity index is 990. The summed E-state index contributed by atoms with van der Waals surface area (Å²) in [6, 6.07) is 16.8. The van der Waals surface area contributed by atoms with Gasteiger partial charge in [0.1, 0.15) is 5.25 Å². The molecule has 29 heavy (non-hydrogen) atoms. The van der Waals surface area contributed by atoms with Crippen molar-refractivity contribution in [1.29, 1.82) is 0 Å². The summed E-state index contributed by atoms with van der Waals surface area (Å²) in [6.45, 7) is 7.84. The number of fused-ring (bicyclic) bond motifs is 5. The summed E-state index contributed by atoms with van der Waals surface area (Å²) in [6.07, 6.45) is 0.875. The molecule has 0 fully saturated rings. The second-order valence-electron chi connectivity index (χ2n) is 7.07. The number of aryl methyl sites for hydroxylation is 1. The van der Waals surface area contributed by atoms with Crippen molar-refractivity contribution < 1.29 is 9.90 Å². The fourth-order valence-corrected chi connectivity index (χ4v) is 5.15. The summed E-state index contributed by atoms with van der Waals surface area (Å²) in [7, 11) is 2.10. The van der Waals surface area contributed by atoms with E-state index in [1.54, 1.807) is 11.8 Å². The Labute approximate surface area is 177 Å². The quantitative estimate of drug-likeness (QED) is 0.639. The number of nitrogens with zero attached hydrogens (tertiary/aromatic N) is 2. The number of thioether (sulfide) groups is 1. The Kier molecular flexibility index (Phi) is 7.04. The fourth-order valence-electron chi connectivity index (χ4n) is 3.84. The van der Waals surface area contributed by atoms with Gasteiger partial charge >= 0.3 is 0 Å². The maximum Gasteiger partial charge on any atom is 0.240 e. The molecule has 0 saturated heterocycles. The SMILES string of the molecule is CCCO.CCN(CC)C(=O)C1Sc2ccccc2-c2c1c1ccccc1n2C. The molecule has 2 aromatic carbocycles. The molecule has 0 bridgehead atoms. The lowest BCUT2D eigenvalue weighted by Gasteiger charge is -2.29. The van der Waals surface area contributed by atoms with Gasteiger partial charge in [-0.05, 0) is 32.4 Å². The molecule has 1 amide bonds. The molecule has 0 saturated carbocycles. The molecule has 5 heteroatoms. The average molecular weight is 411 g/mol. The van der Waals surface area contributed by atoms with Gasteiger partial charge in [-0.3, -0.25) is 4.79 Å². The molecule has 1 aromatic heterocycles. The number of aromatic nitrogens is 1. The van der Waals surface area contributed by atoms with Crippen molar-refractivity contribution in [2.45, 2.75) is 37.3 Å². The van der Waals surface area contributed by atoms with Crippen LogP contribution in [-0.4, -0.2) is 40.2 Å². The minimum Gasteiger partial charge on any atom is -0.396 e. The number of amides is 1. The van der Waals surface area contributed by atoms with Crippen LogP contribution in [0.3, 0.4) is 0 Å². The van der Waals surface area contributed by atoms with Gasteiger partial charge in [0.2, 0.25) is 5.91 Å². The van der Waals surface area contributed by atoms with Crippen molar-refractivity contribution in [3.63, 3.8) is 0 Å². The molecular formula is C24H30N2O2S. The van der Waals surface area contributed by atoms with E-state index < -0.39 is 0 Å². The zero-order valence-electron chi connectivity index (χ0n) is 17.7. The average Bonchev–Trinajstić information content (AvgIpc) is 3.07. The lowest BCUT2D eigenvalue weighted by molar-refractivity contribution is -0.130. The molecule has 1 aliphatic heterocycles. The van der Waals surface area contributed by atoms with E-state index in [1.807, 2.05) is 25.7 Å². The van der Waals surface area contributed by atoms with Gasteiger partial charge in [0.05, 0.1) is 5.69 Å². The van der Waals surface area contributed by atoms with E-state index in [9.17, 15) is 4.79 Å². The summed E-state index contributed by atoms with van der Waals surface area (Å²) in [4.78, 5) is 16.4. The highest BCUT2D eigenvalue weighted by Gasteiger charge is 2.36. The van der Waals surface area contributed by atoms with Crippen molar-refractivity contribution in [3.8, 4) is 11.3 Å². The molecule has 2 heterocycles. The van der Waals surface area contributed by atoms with Crippen LogP contribution in [0.4, 0.5) is 0 Å². The Morgan fingerprint density at radius 1 is 1.07 bits per heavy atom. The first kappa shape index (κ1) is 21.5. The monoisotopic (exact) mass is 410 g/mol. The second kappa shape index (κ2) is 9.51. The molecule has 4 rings (SSSR count). The number of rotatable bonds is 4. The molecule has 4 nitrogen and oxygen atoms in total. The zero-order chi connectivity index (χ0) is 21.0. The van der Waals surface area contributed by atoms with Crippen molar-refractivity contribution in [3.05, 3.63) is 54.1 Å². The molecule has 154 valence electrons. The largest absolute Gasteiger partial charge is 0.396 e. The van der Waals surface area contributed by atoms with Crippen LogP contribution in [0.2, 0.25) is 0 Å². The summed E-state index contributed by atoms with van der Waals surface area (Å²) in [5.74, 6) is 0.210. The lowest BCUT2D eigenvalue weighted by atomic mass is 10.0. The maximum atomic E-state index is 13.3. The van der Waals surface area contributed by atoms with E-state index in [0.29, 0.717) is 6.61 Å². The van der Waals surface area contributed by atoms with Crippen molar-refractivity contribution in [1.82, 2.24) is 9.47 Å². The number of hydrogen-bond donors (Lipinski definition) is 1. The van der Waals surface area contributed by atoms with Crippen LogP contribution in [0, 0.1) is 0 Å². The van der Waals surface area contributed by atoms with Crippen LogP contribution >= 0.6 is 11.8 Å². The summed E-state index contributed by atoms with van der Waals surface area (Å²) in [5, 5.41) is 8.88. The third-order valence-corrected chi connectivity index (χ3v) is 6.60. The predicted molar refractivity (Wildman–Crippen MR) is 122 cm³/mol. The molecule has 1 atom stereocenters. The van der Waals surface area contributed by atoms with E-state index in [4.69, 9.17) is 5.11 Å². The van der Waals surface area contributed by atoms with Crippen LogP contribution in [0.25, 0.3) is 22.2 Å². The standard InChI is InChI=1S/C21H22N2OS.C3H8O/c1-4-23(5-2)21(24)20-18-14-10-6-8-12-16(14)22(3)19(18)15-11-7-9-13-17(15)25-20;1-2-3-4/h6-13,20H,4-5H2,1-3H3;4H,2-3H2,1H3. The predicted octanol–water partition coefficient (Wildman–Crippen LogP) is 5.25. The minimum atomic E-state index is -0.184. The number of para-hydroxylation sites is 1. The number of aliphatic hydroxyl groups excluding tert-OH is 1. The van der Waals surface area contributed by atoms with Gasteiger partial charge in [-0.1, -0.05) is 43.3 Å². The normalized spacial score (nSPS) is 14.6. The van der Waals surface area contributed by atoms with Gasteiger partial charge in [0, 0.05) is 53.7 Å². The number of carbonyl (C=O) groups excluding carboxylic acids is 1. The number of benzene rings is 2. The maximum absolute atomic E-state index is 13.3. The van der Waals surface area contributed by atoms with E-state index in [0.717, 1.165) is 19.5 Å². The molecule has 0 radical (unpaired) electrons.